The van der Waals surface area contributed by atoms with Crippen LogP contribution in [0.2, 0.25) is 0 Å². The maximum Gasteiger partial charge on any atom is 0.364 e. The third-order valence-electron chi connectivity index (χ3n) is 6.97. The summed E-state index contributed by atoms with van der Waals surface area (Å²) in [6, 6.07) is -2.74. The van der Waals surface area contributed by atoms with Crippen molar-refractivity contribution in [1.29, 1.82) is 0 Å². The van der Waals surface area contributed by atoms with Crippen LogP contribution < -0.4 is 16.4 Å². The summed E-state index contributed by atoms with van der Waals surface area (Å²) in [5.74, 6) is -6.12. The van der Waals surface area contributed by atoms with Gasteiger partial charge in [0.15, 0.2) is 6.29 Å². The molecule has 0 bridgehead atoms. The molecule has 42 heavy (non-hydrogen) atoms. The Morgan fingerprint density at radius 2 is 1.74 bits per heavy atom. The molecule has 2 aliphatic rings. The first kappa shape index (κ1) is 36.1. The van der Waals surface area contributed by atoms with E-state index >= 15 is 0 Å². The van der Waals surface area contributed by atoms with E-state index in [1.807, 2.05) is 0 Å². The van der Waals surface area contributed by atoms with Gasteiger partial charge < -0.3 is 76.2 Å². The van der Waals surface area contributed by atoms with Crippen molar-refractivity contribution in [3.8, 4) is 0 Å². The van der Waals surface area contributed by atoms with Crippen LogP contribution >= 0.6 is 0 Å². The lowest BCUT2D eigenvalue weighted by Crippen LogP contribution is -2.69. The van der Waals surface area contributed by atoms with Gasteiger partial charge in [0.1, 0.15) is 49.3 Å². The number of carbonyl (C=O) groups excluding carboxylic acids is 2. The van der Waals surface area contributed by atoms with E-state index in [0.29, 0.717) is 13.0 Å². The van der Waals surface area contributed by atoms with Gasteiger partial charge in [0, 0.05) is 20.0 Å². The summed E-state index contributed by atoms with van der Waals surface area (Å²) in [6.45, 7) is -1.00. The van der Waals surface area contributed by atoms with Crippen LogP contribution in [0.15, 0.2) is 0 Å². The second-order valence-electron chi connectivity index (χ2n) is 10.2. The van der Waals surface area contributed by atoms with Gasteiger partial charge in [-0.3, -0.25) is 9.59 Å². The number of carboxylic acids is 1. The number of aliphatic hydroxyl groups excluding tert-OH is 7. The van der Waals surface area contributed by atoms with Gasteiger partial charge in [-0.05, 0) is 25.8 Å². The van der Waals surface area contributed by atoms with Crippen molar-refractivity contribution in [3.63, 3.8) is 0 Å². The molecule has 18 heteroatoms. The fourth-order valence-corrected chi connectivity index (χ4v) is 4.71. The van der Waals surface area contributed by atoms with Crippen LogP contribution in [0.3, 0.4) is 0 Å². The zero-order valence-electron chi connectivity index (χ0n) is 23.2. The normalized spacial score (nSPS) is 34.8. The number of nitrogens with two attached hydrogens (primary N) is 1. The van der Waals surface area contributed by atoms with Gasteiger partial charge >= 0.3 is 5.97 Å². The molecule has 2 saturated heterocycles. The summed E-state index contributed by atoms with van der Waals surface area (Å²) in [7, 11) is 0. The van der Waals surface area contributed by atoms with Crippen molar-refractivity contribution in [1.82, 2.24) is 10.6 Å². The molecule has 0 aromatic heterocycles. The molecule has 0 saturated carbocycles. The lowest BCUT2D eigenvalue weighted by molar-refractivity contribution is -0.330. The molecule has 11 atom stereocenters. The molecule has 0 unspecified atom stereocenters. The quantitative estimate of drug-likeness (QED) is 0.0722. The van der Waals surface area contributed by atoms with Gasteiger partial charge in [-0.1, -0.05) is 0 Å². The number of hydrogen-bond donors (Lipinski definition) is 11. The summed E-state index contributed by atoms with van der Waals surface area (Å²) in [5, 5.41) is 85.7. The minimum atomic E-state index is -2.75. The highest BCUT2D eigenvalue weighted by Crippen LogP contribution is 2.34. The van der Waals surface area contributed by atoms with Crippen LogP contribution in [0.25, 0.3) is 0 Å². The Morgan fingerprint density at radius 3 is 2.31 bits per heavy atom. The van der Waals surface area contributed by atoms with Crippen molar-refractivity contribution < 1.29 is 74.2 Å². The monoisotopic (exact) mass is 613 g/mol. The highest BCUT2D eigenvalue weighted by Gasteiger charge is 2.57. The molecular formula is C24H43N3O15. The number of amides is 2. The molecule has 2 heterocycles. The van der Waals surface area contributed by atoms with Crippen molar-refractivity contribution in [2.75, 3.05) is 33.0 Å². The minimum absolute atomic E-state index is 0.138. The first-order valence-corrected chi connectivity index (χ1v) is 13.5. The second-order valence-corrected chi connectivity index (χ2v) is 10.2. The number of rotatable bonds is 16. The van der Waals surface area contributed by atoms with E-state index in [1.165, 1.54) is 6.92 Å². The van der Waals surface area contributed by atoms with Gasteiger partial charge in [0.2, 0.25) is 11.8 Å². The summed E-state index contributed by atoms with van der Waals surface area (Å²) < 4.78 is 22.4. The molecular weight excluding hydrogens is 570 g/mol. The number of aliphatic hydroxyl groups is 7. The lowest BCUT2D eigenvalue weighted by Gasteiger charge is -2.47. The molecule has 244 valence electrons. The number of nitrogens with one attached hydrogen (secondary N) is 2. The molecule has 0 aromatic carbocycles. The van der Waals surface area contributed by atoms with Crippen LogP contribution in [-0.4, -0.2) is 158 Å². The highest BCUT2D eigenvalue weighted by molar-refractivity contribution is 5.78. The van der Waals surface area contributed by atoms with Crippen molar-refractivity contribution in [2.24, 2.45) is 5.73 Å². The SMILES string of the molecule is CC(=O)N[C@H]1[C@H](OCCCCCN)O[C@H](CO[C@]2(C(=O)O)C[C@H](O)[C@@H](NC(=O)CO)[C@H]([C@H](O)[C@H](O)CO)O2)[C@@H](O)[C@@H]1O. The van der Waals surface area contributed by atoms with Crippen molar-refractivity contribution in [3.05, 3.63) is 0 Å². The maximum atomic E-state index is 12.4. The predicted octanol–water partition coefficient (Wildman–Crippen LogP) is -5.78. The first-order chi connectivity index (χ1) is 19.8. The molecule has 0 aliphatic carbocycles. The van der Waals surface area contributed by atoms with Crippen LogP contribution in [0.4, 0.5) is 0 Å². The van der Waals surface area contributed by atoms with E-state index in [1.54, 1.807) is 0 Å². The summed E-state index contributed by atoms with van der Waals surface area (Å²) in [5.41, 5.74) is 5.48. The third-order valence-corrected chi connectivity index (χ3v) is 6.97. The van der Waals surface area contributed by atoms with Crippen molar-refractivity contribution >= 4 is 17.8 Å². The average molecular weight is 614 g/mol. The van der Waals surface area contributed by atoms with Gasteiger partial charge in [-0.2, -0.15) is 0 Å². The zero-order valence-corrected chi connectivity index (χ0v) is 23.2. The fraction of sp³-hybridized carbons (Fsp3) is 0.875. The Labute approximate surface area is 241 Å². The Balaban J connectivity index is 2.27. The molecule has 2 aliphatic heterocycles. The Morgan fingerprint density at radius 1 is 1.05 bits per heavy atom. The molecule has 0 radical (unpaired) electrons. The standard InChI is InChI=1S/C24H43N3O15/c1-11(30)26-17-20(36)19(35)14(41-22(17)39-6-4-2-3-5-25)10-40-24(23(37)38)7-12(31)16(27-15(33)9-29)21(42-24)18(34)13(32)8-28/h12-14,16-22,28-29,31-32,34-36H,2-10,25H2,1H3,(H,26,30)(H,27,33)(H,37,38)/t12-,13+,14+,16+,17+,18+,19+,20+,21+,22+,24+/m0/s1. The number of aliphatic carboxylic acids is 1. The summed E-state index contributed by atoms with van der Waals surface area (Å²) in [4.78, 5) is 35.9. The van der Waals surface area contributed by atoms with Gasteiger partial charge in [0.25, 0.3) is 5.79 Å². The zero-order chi connectivity index (χ0) is 31.6. The van der Waals surface area contributed by atoms with Gasteiger partial charge in [0.05, 0.1) is 25.4 Å². The Kier molecular flexibility index (Phi) is 14.4. The number of unbranched alkanes of at least 4 members (excludes halogenated alkanes) is 2. The van der Waals surface area contributed by atoms with Crippen LogP contribution in [-0.2, 0) is 33.3 Å². The first-order valence-electron chi connectivity index (χ1n) is 13.5. The number of ether oxygens (including phenoxy) is 4. The topological polar surface area (TPSA) is 300 Å². The highest BCUT2D eigenvalue weighted by atomic mass is 16.7. The maximum absolute atomic E-state index is 12.4. The molecule has 12 N–H and O–H groups in total. The van der Waals surface area contributed by atoms with Crippen molar-refractivity contribution in [2.45, 2.75) is 99.5 Å². The average Bonchev–Trinajstić information content (AvgIpc) is 2.95. The molecule has 0 aromatic rings. The van der Waals surface area contributed by atoms with Gasteiger partial charge in [-0.15, -0.1) is 0 Å². The molecule has 2 rings (SSSR count). The van der Waals surface area contributed by atoms with Crippen LogP contribution in [0.1, 0.15) is 32.6 Å². The van der Waals surface area contributed by atoms with E-state index < -0.39 is 111 Å². The summed E-state index contributed by atoms with van der Waals surface area (Å²) in [6.07, 6.45) is -12.5. The predicted molar refractivity (Wildman–Crippen MR) is 137 cm³/mol. The Hall–Kier alpha value is -2.07. The van der Waals surface area contributed by atoms with Crippen LogP contribution in [0.5, 0.6) is 0 Å². The second kappa shape index (κ2) is 16.7. The number of carboxylic acid groups (broad SMARTS) is 1. The number of carbonyl (C=O) groups is 3. The van der Waals surface area contributed by atoms with Crippen LogP contribution in [0, 0.1) is 0 Å². The van der Waals surface area contributed by atoms with E-state index in [-0.39, 0.29) is 6.61 Å². The van der Waals surface area contributed by atoms with E-state index in [0.717, 1.165) is 12.8 Å². The molecule has 2 amide bonds. The largest absolute Gasteiger partial charge is 0.477 e. The Bertz CT molecular complexity index is 884. The summed E-state index contributed by atoms with van der Waals surface area (Å²) >= 11 is 0. The lowest BCUT2D eigenvalue weighted by atomic mass is 9.88. The number of hydrogen-bond acceptors (Lipinski definition) is 15. The molecule has 0 spiro atoms. The smallest absolute Gasteiger partial charge is 0.364 e. The molecule has 2 fully saturated rings. The van der Waals surface area contributed by atoms with E-state index in [2.05, 4.69) is 10.6 Å². The van der Waals surface area contributed by atoms with E-state index in [4.69, 9.17) is 29.8 Å². The molecule has 18 nitrogen and oxygen atoms in total. The minimum Gasteiger partial charge on any atom is -0.477 e. The third kappa shape index (κ3) is 9.21. The van der Waals surface area contributed by atoms with Gasteiger partial charge in [-0.25, -0.2) is 4.79 Å². The van der Waals surface area contributed by atoms with E-state index in [9.17, 15) is 50.1 Å². The fourth-order valence-electron chi connectivity index (χ4n) is 4.71.